The molecule has 8 nitrogen and oxygen atoms in total. The summed E-state index contributed by atoms with van der Waals surface area (Å²) in [4.78, 5) is 30.5. The van der Waals surface area contributed by atoms with Crippen molar-refractivity contribution in [1.29, 1.82) is 0 Å². The first kappa shape index (κ1) is 25.3. The molecule has 32 heavy (non-hydrogen) atoms. The smallest absolute Gasteiger partial charge is 0.443 e. The second-order valence-electron chi connectivity index (χ2n) is 9.43. The molecule has 1 heterocycles. The normalized spacial score (nSPS) is 18.9. The minimum absolute atomic E-state index is 0.0903. The van der Waals surface area contributed by atoms with E-state index in [0.29, 0.717) is 11.1 Å². The van der Waals surface area contributed by atoms with Crippen molar-refractivity contribution in [3.8, 4) is 0 Å². The molecule has 0 spiro atoms. The van der Waals surface area contributed by atoms with Crippen molar-refractivity contribution in [2.75, 3.05) is 0 Å². The number of alkyl halides is 3. The van der Waals surface area contributed by atoms with Gasteiger partial charge < -0.3 is 19.6 Å². The van der Waals surface area contributed by atoms with Crippen molar-refractivity contribution in [2.45, 2.75) is 78.1 Å². The Labute approximate surface area is 184 Å². The molecule has 1 atom stereocenters. The summed E-state index contributed by atoms with van der Waals surface area (Å²) >= 11 is 0. The lowest BCUT2D eigenvalue weighted by Crippen LogP contribution is -2.54. The molecule has 2 amide bonds. The fraction of sp³-hybridized carbons (Fsp3) is 0.571. The van der Waals surface area contributed by atoms with E-state index in [0.717, 1.165) is 11.8 Å². The van der Waals surface area contributed by atoms with Crippen LogP contribution in [0, 0.1) is 0 Å². The van der Waals surface area contributed by atoms with E-state index in [1.165, 1.54) is 12.1 Å². The average Bonchev–Trinajstić information content (AvgIpc) is 3.00. The number of rotatable bonds is 3. The highest BCUT2D eigenvalue weighted by atomic mass is 19.4. The van der Waals surface area contributed by atoms with Crippen molar-refractivity contribution in [3.63, 3.8) is 0 Å². The van der Waals surface area contributed by atoms with Crippen LogP contribution in [0.3, 0.4) is 0 Å². The van der Waals surface area contributed by atoms with Gasteiger partial charge in [0, 0.05) is 12.5 Å². The van der Waals surface area contributed by atoms with Crippen LogP contribution in [0.1, 0.15) is 59.6 Å². The maximum atomic E-state index is 13.1. The molecule has 0 bridgehead atoms. The predicted octanol–water partition coefficient (Wildman–Crippen LogP) is 4.92. The first-order chi connectivity index (χ1) is 14.4. The zero-order chi connectivity index (χ0) is 24.5. The second-order valence-corrected chi connectivity index (χ2v) is 9.43. The fourth-order valence-electron chi connectivity index (χ4n) is 2.44. The summed E-state index contributed by atoms with van der Waals surface area (Å²) in [5, 5.41) is 5.70. The van der Waals surface area contributed by atoms with Gasteiger partial charge in [-0.05, 0) is 47.1 Å². The Morgan fingerprint density at radius 2 is 1.47 bits per heavy atom. The molecule has 0 radical (unpaired) electrons. The standard InChI is InChI=1S/C21H28F3N3O5/c1-18(2,3)30-16(28)27(17(29)31-19(4,5)6)12-13-8-10-14(11-9-13)15-25-20(7,32-26-15)21(22,23)24/h8-11H,12H2,1-7H3,(H,25,26). The molecule has 1 aliphatic rings. The zero-order valence-electron chi connectivity index (χ0n) is 19.1. The molecule has 0 fully saturated rings. The van der Waals surface area contributed by atoms with Gasteiger partial charge in [-0.15, -0.1) is 0 Å². The number of amidine groups is 1. The van der Waals surface area contributed by atoms with Crippen LogP contribution < -0.4 is 5.32 Å². The molecular weight excluding hydrogens is 431 g/mol. The van der Waals surface area contributed by atoms with Crippen LogP contribution >= 0.6 is 0 Å². The van der Waals surface area contributed by atoms with Crippen molar-refractivity contribution in [3.05, 3.63) is 35.4 Å². The number of imide groups is 1. The van der Waals surface area contributed by atoms with Crippen molar-refractivity contribution < 1.29 is 37.1 Å². The van der Waals surface area contributed by atoms with E-state index < -0.39 is 35.3 Å². The Morgan fingerprint density at radius 3 is 1.84 bits per heavy atom. The van der Waals surface area contributed by atoms with Crippen LogP contribution in [0.5, 0.6) is 0 Å². The van der Waals surface area contributed by atoms with Gasteiger partial charge in [-0.2, -0.15) is 13.2 Å². The van der Waals surface area contributed by atoms with Crippen LogP contribution in [0.2, 0.25) is 0 Å². The number of nitrogens with one attached hydrogen (secondary N) is 1. The molecule has 0 saturated heterocycles. The van der Waals surface area contributed by atoms with Gasteiger partial charge in [-0.1, -0.05) is 29.4 Å². The van der Waals surface area contributed by atoms with Gasteiger partial charge in [-0.25, -0.2) is 14.5 Å². The SMILES string of the molecule is CC(C)(C)OC(=O)N(Cc1ccc(C2=NOC(C)(C(F)(F)F)N2)cc1)C(=O)OC(C)(C)C. The first-order valence-corrected chi connectivity index (χ1v) is 9.84. The monoisotopic (exact) mass is 459 g/mol. The van der Waals surface area contributed by atoms with Crippen LogP contribution in [-0.4, -0.2) is 46.0 Å². The number of oxime groups is 1. The third-order valence-electron chi connectivity index (χ3n) is 4.01. The van der Waals surface area contributed by atoms with E-state index in [1.54, 1.807) is 53.7 Å². The Kier molecular flexibility index (Phi) is 6.73. The molecule has 1 unspecified atom stereocenters. The molecule has 1 aliphatic heterocycles. The maximum Gasteiger partial charge on any atom is 0.450 e. The molecule has 0 saturated carbocycles. The minimum atomic E-state index is -4.67. The summed E-state index contributed by atoms with van der Waals surface area (Å²) in [7, 11) is 0. The number of halogens is 3. The van der Waals surface area contributed by atoms with Gasteiger partial charge in [0.05, 0.1) is 6.54 Å². The lowest BCUT2D eigenvalue weighted by Gasteiger charge is -2.28. The summed E-state index contributed by atoms with van der Waals surface area (Å²) in [6.45, 7) is 10.7. The molecule has 11 heteroatoms. The van der Waals surface area contributed by atoms with E-state index >= 15 is 0 Å². The molecule has 2 rings (SSSR count). The molecule has 1 aromatic carbocycles. The van der Waals surface area contributed by atoms with E-state index in [4.69, 9.17) is 9.47 Å². The van der Waals surface area contributed by atoms with Gasteiger partial charge in [0.15, 0.2) is 5.84 Å². The topological polar surface area (TPSA) is 89.5 Å². The van der Waals surface area contributed by atoms with Gasteiger partial charge in [0.25, 0.3) is 0 Å². The van der Waals surface area contributed by atoms with Crippen molar-refractivity contribution in [1.82, 2.24) is 10.2 Å². The van der Waals surface area contributed by atoms with E-state index in [9.17, 15) is 22.8 Å². The van der Waals surface area contributed by atoms with E-state index in [2.05, 4.69) is 15.3 Å². The second kappa shape index (κ2) is 8.51. The highest BCUT2D eigenvalue weighted by Gasteiger charge is 2.57. The Bertz CT molecular complexity index is 858. The molecule has 1 N–H and O–H groups in total. The molecule has 0 aromatic heterocycles. The molecule has 0 aliphatic carbocycles. The summed E-state index contributed by atoms with van der Waals surface area (Å²) in [6.07, 6.45) is -6.43. The summed E-state index contributed by atoms with van der Waals surface area (Å²) in [5.74, 6) is -0.0903. The Morgan fingerprint density at radius 1 is 1.00 bits per heavy atom. The van der Waals surface area contributed by atoms with Crippen LogP contribution in [0.25, 0.3) is 0 Å². The zero-order valence-corrected chi connectivity index (χ0v) is 19.1. The Balaban J connectivity index is 2.18. The van der Waals surface area contributed by atoms with Gasteiger partial charge in [-0.3, -0.25) is 0 Å². The maximum absolute atomic E-state index is 13.1. The fourth-order valence-corrected chi connectivity index (χ4v) is 2.44. The Hall–Kier alpha value is -2.98. The van der Waals surface area contributed by atoms with Crippen LogP contribution in [0.4, 0.5) is 22.8 Å². The van der Waals surface area contributed by atoms with Crippen LogP contribution in [0.15, 0.2) is 29.4 Å². The minimum Gasteiger partial charge on any atom is -0.443 e. The number of hydrogen-bond acceptors (Lipinski definition) is 7. The molecule has 1 aromatic rings. The summed E-state index contributed by atoms with van der Waals surface area (Å²) < 4.78 is 49.8. The number of carbonyl (C=O) groups excluding carboxylic acids is 2. The average molecular weight is 459 g/mol. The van der Waals surface area contributed by atoms with E-state index in [1.807, 2.05) is 0 Å². The highest BCUT2D eigenvalue weighted by molar-refractivity contribution is 5.99. The number of hydrogen-bond donors (Lipinski definition) is 1. The van der Waals surface area contributed by atoms with Gasteiger partial charge in [0.2, 0.25) is 0 Å². The number of amides is 2. The first-order valence-electron chi connectivity index (χ1n) is 9.84. The largest absolute Gasteiger partial charge is 0.450 e. The van der Waals surface area contributed by atoms with Crippen molar-refractivity contribution in [2.24, 2.45) is 5.16 Å². The number of ether oxygens (including phenoxy) is 2. The number of carbonyl (C=O) groups is 2. The van der Waals surface area contributed by atoms with Crippen LogP contribution in [-0.2, 0) is 20.9 Å². The van der Waals surface area contributed by atoms with Crippen molar-refractivity contribution >= 4 is 18.0 Å². The summed E-state index contributed by atoms with van der Waals surface area (Å²) in [6, 6.07) is 6.08. The summed E-state index contributed by atoms with van der Waals surface area (Å²) in [5.41, 5.74) is -3.44. The molecular formula is C21H28F3N3O5. The highest BCUT2D eigenvalue weighted by Crippen LogP contribution is 2.34. The third-order valence-corrected chi connectivity index (χ3v) is 4.01. The quantitative estimate of drug-likeness (QED) is 0.690. The molecule has 178 valence electrons. The van der Waals surface area contributed by atoms with Gasteiger partial charge in [0.1, 0.15) is 11.2 Å². The third kappa shape index (κ3) is 6.51. The predicted molar refractivity (Wildman–Crippen MR) is 110 cm³/mol. The lowest BCUT2D eigenvalue weighted by molar-refractivity contribution is -0.269. The van der Waals surface area contributed by atoms with Gasteiger partial charge >= 0.3 is 24.1 Å². The lowest BCUT2D eigenvalue weighted by atomic mass is 10.1. The van der Waals surface area contributed by atoms with E-state index in [-0.39, 0.29) is 12.4 Å². The number of nitrogens with zero attached hydrogens (tertiary/aromatic N) is 2. The number of benzene rings is 1.